The van der Waals surface area contributed by atoms with Crippen LogP contribution in [0.3, 0.4) is 0 Å². The summed E-state index contributed by atoms with van der Waals surface area (Å²) >= 11 is 0. The largest absolute Gasteiger partial charge is 0.469 e. The van der Waals surface area contributed by atoms with Crippen LogP contribution in [0.15, 0.2) is 30.3 Å². The first-order valence-electron chi connectivity index (χ1n) is 12.5. The first-order chi connectivity index (χ1) is 15.5. The van der Waals surface area contributed by atoms with E-state index in [0.29, 0.717) is 13.0 Å². The number of ether oxygens (including phenoxy) is 3. The molecule has 0 heterocycles. The maximum absolute atomic E-state index is 13.1. The molecule has 0 amide bonds. The summed E-state index contributed by atoms with van der Waals surface area (Å²) in [5.41, 5.74) is 0.216. The molecule has 1 fully saturated rings. The van der Waals surface area contributed by atoms with Gasteiger partial charge in [-0.05, 0) is 71.8 Å². The van der Waals surface area contributed by atoms with Crippen LogP contribution in [0.2, 0.25) is 0 Å². The molecule has 1 saturated carbocycles. The summed E-state index contributed by atoms with van der Waals surface area (Å²) in [4.78, 5) is 25.9. The van der Waals surface area contributed by atoms with Gasteiger partial charge in [0.05, 0.1) is 31.2 Å². The van der Waals surface area contributed by atoms with Gasteiger partial charge in [-0.25, -0.2) is 0 Å². The standard InChI is InChI=1S/C28H44O5/c1-27(2,3)32-20-19-28(4,5)33-25(29)23-16-12-8-11-15-22(17-18-23)24(26(30)31-6)21-13-9-7-10-14-21/h7,9-10,13-14,22-24H,8,11-12,15-20H2,1-6H3. The zero-order chi connectivity index (χ0) is 24.5. The molecule has 1 aromatic carbocycles. The Hall–Kier alpha value is -1.88. The van der Waals surface area contributed by atoms with E-state index in [1.807, 2.05) is 65.0 Å². The second kappa shape index (κ2) is 12.5. The predicted octanol–water partition coefficient (Wildman–Crippen LogP) is 6.45. The van der Waals surface area contributed by atoms with Gasteiger partial charge in [-0.1, -0.05) is 49.6 Å². The lowest BCUT2D eigenvalue weighted by atomic mass is 9.79. The summed E-state index contributed by atoms with van der Waals surface area (Å²) in [6.45, 7) is 10.5. The lowest BCUT2D eigenvalue weighted by Gasteiger charge is -2.30. The normalized spacial score (nSPS) is 21.3. The van der Waals surface area contributed by atoms with E-state index < -0.39 is 5.60 Å². The van der Waals surface area contributed by atoms with E-state index in [1.54, 1.807) is 0 Å². The SMILES string of the molecule is COC(=O)C(c1ccccc1)C1CCCCCC(C(=O)OC(C)(C)CCOC(C)(C)C)CC1. The Morgan fingerprint density at radius 2 is 1.61 bits per heavy atom. The lowest BCUT2D eigenvalue weighted by Crippen LogP contribution is -2.34. The molecule has 5 nitrogen and oxygen atoms in total. The van der Waals surface area contributed by atoms with Gasteiger partial charge >= 0.3 is 11.9 Å². The van der Waals surface area contributed by atoms with Gasteiger partial charge in [0.25, 0.3) is 0 Å². The highest BCUT2D eigenvalue weighted by atomic mass is 16.6. The van der Waals surface area contributed by atoms with Crippen LogP contribution in [0.1, 0.15) is 97.5 Å². The fourth-order valence-electron chi connectivity index (χ4n) is 4.64. The maximum atomic E-state index is 13.1. The number of benzene rings is 1. The molecule has 0 saturated heterocycles. The summed E-state index contributed by atoms with van der Waals surface area (Å²) in [7, 11) is 1.46. The number of methoxy groups -OCH3 is 1. The van der Waals surface area contributed by atoms with Crippen molar-refractivity contribution in [1.29, 1.82) is 0 Å². The van der Waals surface area contributed by atoms with E-state index in [1.165, 1.54) is 7.11 Å². The molecule has 2 rings (SSSR count). The molecule has 0 N–H and O–H groups in total. The fourth-order valence-corrected chi connectivity index (χ4v) is 4.64. The Morgan fingerprint density at radius 3 is 2.24 bits per heavy atom. The van der Waals surface area contributed by atoms with Crippen molar-refractivity contribution in [2.45, 2.75) is 103 Å². The van der Waals surface area contributed by atoms with Crippen molar-refractivity contribution in [3.05, 3.63) is 35.9 Å². The monoisotopic (exact) mass is 460 g/mol. The van der Waals surface area contributed by atoms with Gasteiger partial charge in [-0.3, -0.25) is 9.59 Å². The Morgan fingerprint density at radius 1 is 0.939 bits per heavy atom. The summed E-state index contributed by atoms with van der Waals surface area (Å²) in [5, 5.41) is 0. The van der Waals surface area contributed by atoms with Crippen molar-refractivity contribution in [1.82, 2.24) is 0 Å². The Balaban J connectivity index is 2.05. The molecule has 0 aromatic heterocycles. The third-order valence-electron chi connectivity index (χ3n) is 6.55. The Bertz CT molecular complexity index is 734. The van der Waals surface area contributed by atoms with Gasteiger partial charge in [-0.2, -0.15) is 0 Å². The zero-order valence-corrected chi connectivity index (χ0v) is 21.5. The smallest absolute Gasteiger partial charge is 0.313 e. The molecule has 1 aliphatic rings. The molecule has 3 unspecified atom stereocenters. The van der Waals surface area contributed by atoms with E-state index >= 15 is 0 Å². The highest BCUT2D eigenvalue weighted by molar-refractivity contribution is 5.78. The molecule has 1 aliphatic carbocycles. The van der Waals surface area contributed by atoms with Crippen LogP contribution >= 0.6 is 0 Å². The van der Waals surface area contributed by atoms with E-state index in [2.05, 4.69) is 0 Å². The van der Waals surface area contributed by atoms with E-state index in [4.69, 9.17) is 14.2 Å². The van der Waals surface area contributed by atoms with Crippen LogP contribution in [0.5, 0.6) is 0 Å². The van der Waals surface area contributed by atoms with Gasteiger partial charge < -0.3 is 14.2 Å². The predicted molar refractivity (Wildman–Crippen MR) is 131 cm³/mol. The molecule has 0 bridgehead atoms. The lowest BCUT2D eigenvalue weighted by molar-refractivity contribution is -0.164. The molecule has 3 atom stereocenters. The van der Waals surface area contributed by atoms with Crippen LogP contribution in [-0.4, -0.2) is 36.9 Å². The minimum absolute atomic E-state index is 0.120. The third-order valence-corrected chi connectivity index (χ3v) is 6.55. The van der Waals surface area contributed by atoms with Crippen molar-refractivity contribution >= 4 is 11.9 Å². The number of carbonyl (C=O) groups excluding carboxylic acids is 2. The van der Waals surface area contributed by atoms with Crippen molar-refractivity contribution in [3.8, 4) is 0 Å². The highest BCUT2D eigenvalue weighted by Gasteiger charge is 2.34. The number of rotatable bonds is 8. The highest BCUT2D eigenvalue weighted by Crippen LogP contribution is 2.37. The van der Waals surface area contributed by atoms with Crippen LogP contribution in [0.4, 0.5) is 0 Å². The molecular weight excluding hydrogens is 416 g/mol. The number of carbonyl (C=O) groups is 2. The molecule has 186 valence electrons. The number of hydrogen-bond donors (Lipinski definition) is 0. The number of esters is 2. The minimum Gasteiger partial charge on any atom is -0.469 e. The molecule has 0 spiro atoms. The fraction of sp³-hybridized carbons (Fsp3) is 0.714. The first-order valence-corrected chi connectivity index (χ1v) is 12.5. The second-order valence-corrected chi connectivity index (χ2v) is 11.0. The van der Waals surface area contributed by atoms with Crippen molar-refractivity contribution in [3.63, 3.8) is 0 Å². The molecule has 0 aliphatic heterocycles. The second-order valence-electron chi connectivity index (χ2n) is 11.0. The van der Waals surface area contributed by atoms with Crippen molar-refractivity contribution < 1.29 is 23.8 Å². The van der Waals surface area contributed by atoms with Crippen LogP contribution in [0, 0.1) is 11.8 Å². The van der Waals surface area contributed by atoms with Crippen LogP contribution in [-0.2, 0) is 23.8 Å². The third kappa shape index (κ3) is 9.48. The van der Waals surface area contributed by atoms with Crippen LogP contribution < -0.4 is 0 Å². The van der Waals surface area contributed by atoms with Gasteiger partial charge in [0.15, 0.2) is 0 Å². The average molecular weight is 461 g/mol. The summed E-state index contributed by atoms with van der Waals surface area (Å²) in [5.74, 6) is -0.587. The summed E-state index contributed by atoms with van der Waals surface area (Å²) < 4.78 is 17.0. The zero-order valence-electron chi connectivity index (χ0n) is 21.5. The van der Waals surface area contributed by atoms with E-state index in [0.717, 1.165) is 50.5 Å². The van der Waals surface area contributed by atoms with E-state index in [9.17, 15) is 9.59 Å². The average Bonchev–Trinajstić information content (AvgIpc) is 2.85. The summed E-state index contributed by atoms with van der Waals surface area (Å²) in [6, 6.07) is 9.89. The van der Waals surface area contributed by atoms with Gasteiger partial charge in [-0.15, -0.1) is 0 Å². The van der Waals surface area contributed by atoms with E-state index in [-0.39, 0.29) is 35.3 Å². The van der Waals surface area contributed by atoms with Gasteiger partial charge in [0.2, 0.25) is 0 Å². The molecule has 5 heteroatoms. The van der Waals surface area contributed by atoms with Gasteiger partial charge in [0.1, 0.15) is 5.60 Å². The molecule has 1 aromatic rings. The Kier molecular flexibility index (Phi) is 10.4. The van der Waals surface area contributed by atoms with Crippen LogP contribution in [0.25, 0.3) is 0 Å². The topological polar surface area (TPSA) is 61.8 Å². The molecule has 0 radical (unpaired) electrons. The first kappa shape index (κ1) is 27.4. The molecule has 33 heavy (non-hydrogen) atoms. The maximum Gasteiger partial charge on any atom is 0.313 e. The summed E-state index contributed by atoms with van der Waals surface area (Å²) in [6.07, 6.45) is 7.13. The quantitative estimate of drug-likeness (QED) is 0.417. The Labute approximate surface area is 200 Å². The minimum atomic E-state index is -0.571. The van der Waals surface area contributed by atoms with Crippen molar-refractivity contribution in [2.75, 3.05) is 13.7 Å². The van der Waals surface area contributed by atoms with Gasteiger partial charge in [0, 0.05) is 6.42 Å². The van der Waals surface area contributed by atoms with Crippen molar-refractivity contribution in [2.24, 2.45) is 11.8 Å². The number of hydrogen-bond acceptors (Lipinski definition) is 5. The molecular formula is C28H44O5.